The van der Waals surface area contributed by atoms with Crippen LogP contribution in [0.3, 0.4) is 0 Å². The maximum Gasteiger partial charge on any atom is 0.304 e. The third-order valence-electron chi connectivity index (χ3n) is 2.22. The summed E-state index contributed by atoms with van der Waals surface area (Å²) >= 11 is 9.08. The van der Waals surface area contributed by atoms with Crippen molar-refractivity contribution in [3.8, 4) is 0 Å². The molecule has 9 heteroatoms. The molecular weight excluding hydrogens is 360 g/mol. The normalized spacial score (nSPS) is 11.6. The summed E-state index contributed by atoms with van der Waals surface area (Å²) in [6.07, 6.45) is -0.274. The Bertz CT molecular complexity index is 579. The molecule has 0 aliphatic heterocycles. The van der Waals surface area contributed by atoms with Gasteiger partial charge in [-0.3, -0.25) is 9.52 Å². The molecule has 0 saturated heterocycles. The molecule has 0 radical (unpaired) electrons. The van der Waals surface area contributed by atoms with Gasteiger partial charge in [0.2, 0.25) is 0 Å². The second-order valence-electron chi connectivity index (χ2n) is 3.70. The second-order valence-corrected chi connectivity index (χ2v) is 6.80. The highest BCUT2D eigenvalue weighted by Gasteiger charge is 2.19. The van der Waals surface area contributed by atoms with Crippen LogP contribution in [0.15, 0.2) is 22.7 Å². The van der Waals surface area contributed by atoms with Gasteiger partial charge in [-0.2, -0.15) is 12.7 Å². The molecule has 0 bridgehead atoms. The average Bonchev–Trinajstić information content (AvgIpc) is 2.30. The van der Waals surface area contributed by atoms with Gasteiger partial charge in [-0.1, -0.05) is 27.5 Å². The molecule has 0 heterocycles. The number of rotatable bonds is 6. The first-order valence-electron chi connectivity index (χ1n) is 5.13. The molecule has 0 amide bonds. The number of carboxylic acids is 1. The number of benzene rings is 1. The number of nitrogens with one attached hydrogen (secondary N) is 1. The van der Waals surface area contributed by atoms with E-state index in [0.717, 1.165) is 4.31 Å². The van der Waals surface area contributed by atoms with Gasteiger partial charge >= 0.3 is 16.2 Å². The number of anilines is 1. The first-order valence-corrected chi connectivity index (χ1v) is 7.74. The fraction of sp³-hybridized carbons (Fsp3) is 0.300. The van der Waals surface area contributed by atoms with Gasteiger partial charge in [-0.05, 0) is 18.2 Å². The Kier molecular flexibility index (Phi) is 5.60. The summed E-state index contributed by atoms with van der Waals surface area (Å²) in [6, 6.07) is 4.74. The Hall–Kier alpha value is -0.830. The molecule has 0 saturated carbocycles. The van der Waals surface area contributed by atoms with Crippen LogP contribution in [0.2, 0.25) is 5.02 Å². The van der Waals surface area contributed by atoms with E-state index in [2.05, 4.69) is 20.7 Å². The first kappa shape index (κ1) is 16.2. The lowest BCUT2D eigenvalue weighted by atomic mass is 10.3. The minimum atomic E-state index is -3.83. The van der Waals surface area contributed by atoms with Crippen LogP contribution >= 0.6 is 27.5 Å². The van der Waals surface area contributed by atoms with E-state index in [1.807, 2.05) is 0 Å². The van der Waals surface area contributed by atoms with Crippen LogP contribution in [0.5, 0.6) is 0 Å². The van der Waals surface area contributed by atoms with E-state index in [0.29, 0.717) is 4.47 Å². The molecule has 1 aromatic carbocycles. The molecule has 0 aromatic heterocycles. The number of halogens is 2. The molecule has 0 unspecified atom stereocenters. The number of aliphatic carboxylic acids is 1. The number of nitrogens with zero attached hydrogens (tertiary/aromatic N) is 1. The van der Waals surface area contributed by atoms with Gasteiger partial charge in [0.1, 0.15) is 0 Å². The summed E-state index contributed by atoms with van der Waals surface area (Å²) in [6.45, 7) is -0.129. The molecule has 19 heavy (non-hydrogen) atoms. The zero-order chi connectivity index (χ0) is 14.6. The van der Waals surface area contributed by atoms with E-state index < -0.39 is 16.2 Å². The monoisotopic (exact) mass is 370 g/mol. The first-order chi connectivity index (χ1) is 8.72. The van der Waals surface area contributed by atoms with Crippen LogP contribution in [-0.2, 0) is 15.0 Å². The number of hydrogen-bond donors (Lipinski definition) is 2. The van der Waals surface area contributed by atoms with E-state index in [1.54, 1.807) is 12.1 Å². The van der Waals surface area contributed by atoms with Crippen molar-refractivity contribution in [3.63, 3.8) is 0 Å². The molecule has 106 valence electrons. The lowest BCUT2D eigenvalue weighted by molar-refractivity contribution is -0.137. The fourth-order valence-electron chi connectivity index (χ4n) is 1.17. The number of carboxylic acid groups (broad SMARTS) is 1. The molecule has 0 spiro atoms. The summed E-state index contributed by atoms with van der Waals surface area (Å²) in [5.74, 6) is -1.07. The predicted molar refractivity (Wildman–Crippen MR) is 76.6 cm³/mol. The van der Waals surface area contributed by atoms with Gasteiger partial charge in [0.25, 0.3) is 0 Å². The SMILES string of the molecule is CN(CCC(=O)O)S(=O)(=O)Nc1cc(Br)ccc1Cl. The van der Waals surface area contributed by atoms with E-state index in [9.17, 15) is 13.2 Å². The molecule has 0 atom stereocenters. The summed E-state index contributed by atoms with van der Waals surface area (Å²) in [7, 11) is -2.54. The van der Waals surface area contributed by atoms with Crippen molar-refractivity contribution in [1.82, 2.24) is 4.31 Å². The van der Waals surface area contributed by atoms with Gasteiger partial charge in [-0.25, -0.2) is 0 Å². The van der Waals surface area contributed by atoms with E-state index in [-0.39, 0.29) is 23.7 Å². The highest BCUT2D eigenvalue weighted by molar-refractivity contribution is 9.10. The van der Waals surface area contributed by atoms with Crippen molar-refractivity contribution >= 4 is 49.4 Å². The third-order valence-corrected chi connectivity index (χ3v) is 4.52. The van der Waals surface area contributed by atoms with Gasteiger partial charge < -0.3 is 5.11 Å². The smallest absolute Gasteiger partial charge is 0.304 e. The van der Waals surface area contributed by atoms with Crippen molar-refractivity contribution in [2.75, 3.05) is 18.3 Å². The predicted octanol–water partition coefficient (Wildman–Crippen LogP) is 2.17. The van der Waals surface area contributed by atoms with Crippen LogP contribution < -0.4 is 4.72 Å². The molecule has 0 aliphatic carbocycles. The van der Waals surface area contributed by atoms with Crippen molar-refractivity contribution in [1.29, 1.82) is 0 Å². The molecule has 2 N–H and O–H groups in total. The summed E-state index contributed by atoms with van der Waals surface area (Å²) < 4.78 is 27.7. The highest BCUT2D eigenvalue weighted by atomic mass is 79.9. The largest absolute Gasteiger partial charge is 0.481 e. The molecule has 1 rings (SSSR count). The van der Waals surface area contributed by atoms with Gasteiger partial charge in [0, 0.05) is 18.1 Å². The van der Waals surface area contributed by atoms with Crippen molar-refractivity contribution in [2.24, 2.45) is 0 Å². The van der Waals surface area contributed by atoms with Crippen LogP contribution in [-0.4, -0.2) is 37.4 Å². The highest BCUT2D eigenvalue weighted by Crippen LogP contribution is 2.26. The van der Waals surface area contributed by atoms with E-state index in [4.69, 9.17) is 16.7 Å². The van der Waals surface area contributed by atoms with Gasteiger partial charge in [-0.15, -0.1) is 0 Å². The summed E-state index contributed by atoms with van der Waals surface area (Å²) in [4.78, 5) is 10.4. The van der Waals surface area contributed by atoms with Crippen LogP contribution in [0, 0.1) is 0 Å². The zero-order valence-electron chi connectivity index (χ0n) is 9.93. The van der Waals surface area contributed by atoms with E-state index >= 15 is 0 Å². The maximum atomic E-state index is 11.9. The molecule has 0 aliphatic rings. The topological polar surface area (TPSA) is 86.7 Å². The Morgan fingerprint density at radius 2 is 2.16 bits per heavy atom. The van der Waals surface area contributed by atoms with Gasteiger partial charge in [0.15, 0.2) is 0 Å². The Morgan fingerprint density at radius 3 is 2.74 bits per heavy atom. The van der Waals surface area contributed by atoms with Crippen LogP contribution in [0.4, 0.5) is 5.69 Å². The number of carbonyl (C=O) groups is 1. The molecular formula is C10H12BrClN2O4S. The van der Waals surface area contributed by atoms with Crippen molar-refractivity contribution in [3.05, 3.63) is 27.7 Å². The minimum absolute atomic E-state index is 0.129. The molecule has 0 fully saturated rings. The van der Waals surface area contributed by atoms with Crippen LogP contribution in [0.1, 0.15) is 6.42 Å². The van der Waals surface area contributed by atoms with Crippen molar-refractivity contribution < 1.29 is 18.3 Å². The quantitative estimate of drug-likeness (QED) is 0.802. The number of hydrogen-bond acceptors (Lipinski definition) is 3. The van der Waals surface area contributed by atoms with Crippen molar-refractivity contribution in [2.45, 2.75) is 6.42 Å². The minimum Gasteiger partial charge on any atom is -0.481 e. The van der Waals surface area contributed by atoms with Crippen LogP contribution in [0.25, 0.3) is 0 Å². The zero-order valence-corrected chi connectivity index (χ0v) is 13.1. The fourth-order valence-corrected chi connectivity index (χ4v) is 2.68. The maximum absolute atomic E-state index is 11.9. The lowest BCUT2D eigenvalue weighted by Gasteiger charge is -2.18. The Labute approximate surface area is 124 Å². The Morgan fingerprint density at radius 1 is 1.53 bits per heavy atom. The molecule has 6 nitrogen and oxygen atoms in total. The third kappa shape index (κ3) is 4.98. The lowest BCUT2D eigenvalue weighted by Crippen LogP contribution is -2.34. The average molecular weight is 372 g/mol. The second kappa shape index (κ2) is 6.56. The Balaban J connectivity index is 2.84. The van der Waals surface area contributed by atoms with Gasteiger partial charge in [0.05, 0.1) is 17.1 Å². The van der Waals surface area contributed by atoms with E-state index in [1.165, 1.54) is 13.1 Å². The standard InChI is InChI=1S/C10H12BrClN2O4S/c1-14(5-4-10(15)16)19(17,18)13-9-6-7(11)2-3-8(9)12/h2-3,6,13H,4-5H2,1H3,(H,15,16). The summed E-state index contributed by atoms with van der Waals surface area (Å²) in [5.41, 5.74) is 0.221. The summed E-state index contributed by atoms with van der Waals surface area (Å²) in [5, 5.41) is 8.78. The molecule has 1 aromatic rings.